The lowest BCUT2D eigenvalue weighted by Crippen LogP contribution is -2.32. The Bertz CT molecular complexity index is 1120. The molecule has 0 fully saturated rings. The molecule has 0 atom stereocenters. The smallest absolute Gasteiger partial charge is 0.273 e. The predicted molar refractivity (Wildman–Crippen MR) is 89.2 cm³/mol. The molecule has 2 aromatic heterocycles. The van der Waals surface area contributed by atoms with E-state index in [0.29, 0.717) is 44.6 Å². The molecule has 0 spiro atoms. The molecule has 1 aliphatic rings. The van der Waals surface area contributed by atoms with Gasteiger partial charge in [-0.15, -0.1) is 0 Å². The number of aryl methyl sites for hydroxylation is 1. The van der Waals surface area contributed by atoms with E-state index in [4.69, 9.17) is 23.2 Å². The summed E-state index contributed by atoms with van der Waals surface area (Å²) in [5.74, 6) is 0. The Morgan fingerprint density at radius 2 is 2.04 bits per heavy atom. The van der Waals surface area contributed by atoms with E-state index in [9.17, 15) is 9.59 Å². The molecule has 1 aromatic carbocycles. The van der Waals surface area contributed by atoms with Gasteiger partial charge in [0.2, 0.25) is 0 Å². The first-order valence-electron chi connectivity index (χ1n) is 6.86. The van der Waals surface area contributed by atoms with Gasteiger partial charge in [-0.2, -0.15) is 5.10 Å². The third-order valence-corrected chi connectivity index (χ3v) is 4.45. The topological polar surface area (TPSA) is 72.7 Å². The summed E-state index contributed by atoms with van der Waals surface area (Å²) in [6.45, 7) is 2.04. The Morgan fingerprint density at radius 1 is 1.26 bits per heavy atom. The van der Waals surface area contributed by atoms with Crippen LogP contribution >= 0.6 is 23.2 Å². The monoisotopic (exact) mass is 348 g/mol. The number of aromatic amines is 1. The van der Waals surface area contributed by atoms with E-state index in [-0.39, 0.29) is 0 Å². The van der Waals surface area contributed by atoms with Crippen LogP contribution in [-0.4, -0.2) is 19.3 Å². The van der Waals surface area contributed by atoms with Crippen LogP contribution in [0.2, 0.25) is 10.0 Å². The van der Waals surface area contributed by atoms with Gasteiger partial charge in [0.15, 0.2) is 5.65 Å². The second kappa shape index (κ2) is 4.84. The number of nitrogens with zero attached hydrogens (tertiary/aromatic N) is 3. The van der Waals surface area contributed by atoms with Crippen LogP contribution in [0.5, 0.6) is 0 Å². The Morgan fingerprint density at radius 3 is 2.83 bits per heavy atom. The minimum absolute atomic E-state index is 0.315. The number of rotatable bonds is 1. The van der Waals surface area contributed by atoms with Gasteiger partial charge in [0, 0.05) is 17.1 Å². The van der Waals surface area contributed by atoms with Gasteiger partial charge in [-0.1, -0.05) is 23.2 Å². The molecule has 0 amide bonds. The maximum Gasteiger partial charge on any atom is 0.330 e. The molecule has 0 aliphatic carbocycles. The predicted octanol–water partition coefficient (Wildman–Crippen LogP) is 2.40. The van der Waals surface area contributed by atoms with E-state index >= 15 is 0 Å². The number of aromatic nitrogens is 4. The highest BCUT2D eigenvalue weighted by atomic mass is 35.5. The molecule has 3 heterocycles. The molecule has 0 saturated heterocycles. The van der Waals surface area contributed by atoms with Crippen LogP contribution in [0.25, 0.3) is 16.7 Å². The van der Waals surface area contributed by atoms with Gasteiger partial charge in [-0.25, -0.2) is 9.48 Å². The summed E-state index contributed by atoms with van der Waals surface area (Å²) in [6.07, 6.45) is 1.83. The van der Waals surface area contributed by atoms with Gasteiger partial charge in [-0.3, -0.25) is 14.3 Å². The van der Waals surface area contributed by atoms with E-state index in [1.165, 1.54) is 4.57 Å². The van der Waals surface area contributed by atoms with Gasteiger partial charge in [0.05, 0.1) is 16.4 Å². The van der Waals surface area contributed by atoms with Crippen LogP contribution in [0, 0.1) is 6.92 Å². The number of hydrogen-bond acceptors (Lipinski definition) is 3. The summed E-state index contributed by atoms with van der Waals surface area (Å²) in [5.41, 5.74) is 1.49. The second-order valence-electron chi connectivity index (χ2n) is 5.28. The van der Waals surface area contributed by atoms with Crippen LogP contribution in [0.1, 0.15) is 11.3 Å². The normalized spacial score (nSPS) is 13.4. The zero-order valence-electron chi connectivity index (χ0n) is 11.9. The lowest BCUT2D eigenvalue weighted by atomic mass is 10.1. The number of allylic oxidation sites excluding steroid dienone is 1. The average molecular weight is 349 g/mol. The zero-order valence-corrected chi connectivity index (χ0v) is 13.4. The quantitative estimate of drug-likeness (QED) is 0.733. The lowest BCUT2D eigenvalue weighted by molar-refractivity contribution is 0.718. The molecule has 116 valence electrons. The molecule has 0 unspecified atom stereocenters. The first-order valence-corrected chi connectivity index (χ1v) is 7.61. The SMILES string of the molecule is Cc1nn2c3c1c(=O)[nH]c(=O)n3CC=C2c1cc(Cl)ccc1Cl. The number of H-pyrrole nitrogens is 1. The highest BCUT2D eigenvalue weighted by Crippen LogP contribution is 2.31. The van der Waals surface area contributed by atoms with Crippen molar-refractivity contribution in [2.75, 3.05) is 0 Å². The van der Waals surface area contributed by atoms with Crippen molar-refractivity contribution in [2.45, 2.75) is 13.5 Å². The lowest BCUT2D eigenvalue weighted by Gasteiger charge is -2.18. The minimum atomic E-state index is -0.462. The van der Waals surface area contributed by atoms with Gasteiger partial charge in [-0.05, 0) is 31.2 Å². The van der Waals surface area contributed by atoms with Crippen molar-refractivity contribution < 1.29 is 0 Å². The number of nitrogens with one attached hydrogen (secondary N) is 1. The van der Waals surface area contributed by atoms with Crippen molar-refractivity contribution in [3.63, 3.8) is 0 Å². The molecule has 23 heavy (non-hydrogen) atoms. The van der Waals surface area contributed by atoms with Gasteiger partial charge in [0.1, 0.15) is 5.39 Å². The van der Waals surface area contributed by atoms with Crippen LogP contribution in [0.15, 0.2) is 33.9 Å². The van der Waals surface area contributed by atoms with E-state index in [0.717, 1.165) is 0 Å². The minimum Gasteiger partial charge on any atom is -0.273 e. The first-order chi connectivity index (χ1) is 11.0. The molecule has 6 nitrogen and oxygen atoms in total. The Balaban J connectivity index is 2.10. The fourth-order valence-corrected chi connectivity index (χ4v) is 3.26. The summed E-state index contributed by atoms with van der Waals surface area (Å²) in [4.78, 5) is 26.5. The number of benzene rings is 1. The highest BCUT2D eigenvalue weighted by molar-refractivity contribution is 6.34. The molecule has 3 aromatic rings. The second-order valence-corrected chi connectivity index (χ2v) is 6.12. The molecule has 8 heteroatoms. The van der Waals surface area contributed by atoms with Crippen LogP contribution in [0.4, 0.5) is 0 Å². The van der Waals surface area contributed by atoms with Crippen LogP contribution < -0.4 is 11.2 Å². The molecule has 4 rings (SSSR count). The van der Waals surface area contributed by atoms with Crippen molar-refractivity contribution in [1.82, 2.24) is 19.3 Å². The summed E-state index contributed by atoms with van der Waals surface area (Å²) in [6, 6.07) is 5.14. The highest BCUT2D eigenvalue weighted by Gasteiger charge is 2.23. The third kappa shape index (κ3) is 1.99. The third-order valence-electron chi connectivity index (χ3n) is 3.88. The van der Waals surface area contributed by atoms with Gasteiger partial charge in [0.25, 0.3) is 5.56 Å². The first kappa shape index (κ1) is 14.3. The standard InChI is InChI=1S/C15H10Cl2N4O2/c1-7-12-13(22)18-15(23)20-5-4-11(21(19-7)14(12)20)9-6-8(16)2-3-10(9)17/h2-4,6H,5H2,1H3,(H,18,22,23). The van der Waals surface area contributed by atoms with E-state index in [1.807, 2.05) is 6.08 Å². The van der Waals surface area contributed by atoms with Crippen molar-refractivity contribution in [1.29, 1.82) is 0 Å². The molecular weight excluding hydrogens is 339 g/mol. The maximum atomic E-state index is 12.1. The molecule has 0 radical (unpaired) electrons. The Hall–Kier alpha value is -2.31. The zero-order chi connectivity index (χ0) is 16.3. The largest absolute Gasteiger partial charge is 0.330 e. The number of hydrogen-bond donors (Lipinski definition) is 1. The van der Waals surface area contributed by atoms with Gasteiger partial charge >= 0.3 is 5.69 Å². The molecule has 0 saturated carbocycles. The van der Waals surface area contributed by atoms with E-state index in [1.54, 1.807) is 29.8 Å². The van der Waals surface area contributed by atoms with E-state index < -0.39 is 11.2 Å². The fourth-order valence-electron chi connectivity index (χ4n) is 2.87. The van der Waals surface area contributed by atoms with E-state index in [2.05, 4.69) is 10.1 Å². The molecule has 1 aliphatic heterocycles. The summed E-state index contributed by atoms with van der Waals surface area (Å²) in [7, 11) is 0. The summed E-state index contributed by atoms with van der Waals surface area (Å²) >= 11 is 12.4. The van der Waals surface area contributed by atoms with Crippen molar-refractivity contribution in [3.05, 3.63) is 66.4 Å². The van der Waals surface area contributed by atoms with Crippen molar-refractivity contribution in [3.8, 4) is 0 Å². The molecular formula is C15H10Cl2N4O2. The summed E-state index contributed by atoms with van der Waals surface area (Å²) < 4.78 is 3.04. The number of halogens is 2. The van der Waals surface area contributed by atoms with Crippen LogP contribution in [0.3, 0.4) is 0 Å². The summed E-state index contributed by atoms with van der Waals surface area (Å²) in [5, 5.41) is 5.87. The average Bonchev–Trinajstić information content (AvgIpc) is 2.85. The molecule has 1 N–H and O–H groups in total. The Kier molecular flexibility index (Phi) is 3.01. The fraction of sp³-hybridized carbons (Fsp3) is 0.133. The molecule has 0 bridgehead atoms. The Labute approximate surface area is 139 Å². The van der Waals surface area contributed by atoms with Crippen molar-refractivity contribution in [2.24, 2.45) is 0 Å². The van der Waals surface area contributed by atoms with Crippen LogP contribution in [-0.2, 0) is 6.54 Å². The van der Waals surface area contributed by atoms with Gasteiger partial charge < -0.3 is 0 Å². The van der Waals surface area contributed by atoms with Crippen molar-refractivity contribution >= 4 is 39.9 Å². The maximum absolute atomic E-state index is 12.1.